The molecule has 0 aromatic rings. The minimum absolute atomic E-state index is 0.317. The Morgan fingerprint density at radius 2 is 2.00 bits per heavy atom. The quantitative estimate of drug-likeness (QED) is 0.817. The average molecular weight is 240 g/mol. The van der Waals surface area contributed by atoms with Gasteiger partial charge >= 0.3 is 0 Å². The number of hydrogen-bond acceptors (Lipinski definition) is 2. The zero-order valence-electron chi connectivity index (χ0n) is 12.0. The van der Waals surface area contributed by atoms with E-state index >= 15 is 0 Å². The Labute approximate surface area is 106 Å². The fourth-order valence-corrected chi connectivity index (χ4v) is 2.36. The molecule has 1 fully saturated rings. The standard InChI is InChI=1S/C14H28N2O/c1-11(2)12(15-5)10-16-9-8-14(3,4)7-6-13(16)17/h11-12,15H,6-10H2,1-5H3. The number of carbonyl (C=O) groups is 1. The Morgan fingerprint density at radius 1 is 1.35 bits per heavy atom. The third kappa shape index (κ3) is 4.30. The average Bonchev–Trinajstić information content (AvgIpc) is 2.37. The lowest BCUT2D eigenvalue weighted by Crippen LogP contribution is -2.45. The number of likely N-dealkylation sites (N-methyl/N-ethyl adjacent to an activating group) is 1. The summed E-state index contributed by atoms with van der Waals surface area (Å²) in [5.41, 5.74) is 0.317. The molecule has 1 unspecified atom stereocenters. The summed E-state index contributed by atoms with van der Waals surface area (Å²) in [6, 6.07) is 0.403. The lowest BCUT2D eigenvalue weighted by Gasteiger charge is -2.29. The molecule has 1 aliphatic rings. The van der Waals surface area contributed by atoms with Crippen LogP contribution in [0, 0.1) is 11.3 Å². The first-order chi connectivity index (χ1) is 7.85. The van der Waals surface area contributed by atoms with Gasteiger partial charge in [-0.25, -0.2) is 0 Å². The van der Waals surface area contributed by atoms with Gasteiger partial charge in [-0.1, -0.05) is 27.7 Å². The summed E-state index contributed by atoms with van der Waals surface area (Å²) >= 11 is 0. The molecule has 3 nitrogen and oxygen atoms in total. The maximum atomic E-state index is 12.1. The van der Waals surface area contributed by atoms with Crippen molar-refractivity contribution >= 4 is 5.91 Å². The van der Waals surface area contributed by atoms with Crippen molar-refractivity contribution < 1.29 is 4.79 Å². The number of likely N-dealkylation sites (tertiary alicyclic amines) is 1. The highest BCUT2D eigenvalue weighted by Gasteiger charge is 2.28. The first-order valence-electron chi connectivity index (χ1n) is 6.81. The highest BCUT2D eigenvalue weighted by Crippen LogP contribution is 2.30. The van der Waals surface area contributed by atoms with Gasteiger partial charge in [0, 0.05) is 25.6 Å². The summed E-state index contributed by atoms with van der Waals surface area (Å²) in [4.78, 5) is 14.1. The fourth-order valence-electron chi connectivity index (χ4n) is 2.36. The van der Waals surface area contributed by atoms with Crippen LogP contribution in [0.25, 0.3) is 0 Å². The van der Waals surface area contributed by atoms with Crippen LogP contribution in [0.3, 0.4) is 0 Å². The van der Waals surface area contributed by atoms with Gasteiger partial charge in [0.1, 0.15) is 0 Å². The zero-order valence-corrected chi connectivity index (χ0v) is 12.0. The van der Waals surface area contributed by atoms with E-state index in [0.717, 1.165) is 25.9 Å². The molecule has 17 heavy (non-hydrogen) atoms. The summed E-state index contributed by atoms with van der Waals surface area (Å²) in [6.07, 6.45) is 2.85. The lowest BCUT2D eigenvalue weighted by molar-refractivity contribution is -0.131. The van der Waals surface area contributed by atoms with E-state index in [1.165, 1.54) is 0 Å². The molecule has 3 heteroatoms. The minimum Gasteiger partial charge on any atom is -0.341 e. The Morgan fingerprint density at radius 3 is 2.53 bits per heavy atom. The summed E-state index contributed by atoms with van der Waals surface area (Å²) in [5, 5.41) is 3.32. The second-order valence-electron chi connectivity index (χ2n) is 6.39. The minimum atomic E-state index is 0.317. The third-order valence-electron chi connectivity index (χ3n) is 4.02. The molecular weight excluding hydrogens is 212 g/mol. The van der Waals surface area contributed by atoms with Gasteiger partial charge in [-0.05, 0) is 31.2 Å². The van der Waals surface area contributed by atoms with E-state index in [4.69, 9.17) is 0 Å². The van der Waals surface area contributed by atoms with Gasteiger partial charge in [-0.15, -0.1) is 0 Å². The Bertz CT molecular complexity index is 261. The van der Waals surface area contributed by atoms with Crippen LogP contribution in [0.15, 0.2) is 0 Å². The van der Waals surface area contributed by atoms with Crippen molar-refractivity contribution in [2.45, 2.75) is 53.0 Å². The van der Waals surface area contributed by atoms with Gasteiger partial charge in [0.25, 0.3) is 0 Å². The molecule has 0 spiro atoms. The van der Waals surface area contributed by atoms with Crippen molar-refractivity contribution in [2.75, 3.05) is 20.1 Å². The predicted molar refractivity (Wildman–Crippen MR) is 71.9 cm³/mol. The van der Waals surface area contributed by atoms with E-state index in [9.17, 15) is 4.79 Å². The molecule has 1 amide bonds. The summed E-state index contributed by atoms with van der Waals surface area (Å²) in [7, 11) is 1.98. The van der Waals surface area contributed by atoms with Crippen LogP contribution in [0.2, 0.25) is 0 Å². The Hall–Kier alpha value is -0.570. The van der Waals surface area contributed by atoms with Crippen LogP contribution in [0.4, 0.5) is 0 Å². The fraction of sp³-hybridized carbons (Fsp3) is 0.929. The lowest BCUT2D eigenvalue weighted by atomic mass is 9.85. The Balaban J connectivity index is 2.60. The zero-order chi connectivity index (χ0) is 13.1. The molecule has 0 aromatic carbocycles. The molecule has 1 atom stereocenters. The van der Waals surface area contributed by atoms with E-state index in [1.807, 2.05) is 7.05 Å². The molecular formula is C14H28N2O. The summed E-state index contributed by atoms with van der Waals surface area (Å²) in [6.45, 7) is 10.7. The predicted octanol–water partition coefficient (Wildman–Crippen LogP) is 2.27. The number of carbonyl (C=O) groups excluding carboxylic acids is 1. The monoisotopic (exact) mass is 240 g/mol. The van der Waals surface area contributed by atoms with Gasteiger partial charge in [0.2, 0.25) is 5.91 Å². The van der Waals surface area contributed by atoms with Crippen LogP contribution in [0.1, 0.15) is 47.0 Å². The Kier molecular flexibility index (Phi) is 4.99. The second kappa shape index (κ2) is 5.85. The molecule has 0 aromatic heterocycles. The van der Waals surface area contributed by atoms with Gasteiger partial charge in [-0.3, -0.25) is 4.79 Å². The van der Waals surface area contributed by atoms with E-state index < -0.39 is 0 Å². The maximum absolute atomic E-state index is 12.1. The van der Waals surface area contributed by atoms with Crippen molar-refractivity contribution in [1.82, 2.24) is 10.2 Å². The van der Waals surface area contributed by atoms with E-state index in [0.29, 0.717) is 29.7 Å². The van der Waals surface area contributed by atoms with Gasteiger partial charge in [-0.2, -0.15) is 0 Å². The van der Waals surface area contributed by atoms with Crippen LogP contribution < -0.4 is 5.32 Å². The van der Waals surface area contributed by atoms with Gasteiger partial charge < -0.3 is 10.2 Å². The molecule has 1 saturated heterocycles. The van der Waals surface area contributed by atoms with Crippen molar-refractivity contribution in [3.05, 3.63) is 0 Å². The summed E-state index contributed by atoms with van der Waals surface area (Å²) in [5.74, 6) is 0.889. The van der Waals surface area contributed by atoms with Crippen molar-refractivity contribution in [3.63, 3.8) is 0 Å². The normalized spacial score (nSPS) is 22.7. The van der Waals surface area contributed by atoms with E-state index in [2.05, 4.69) is 37.9 Å². The van der Waals surface area contributed by atoms with Crippen molar-refractivity contribution in [3.8, 4) is 0 Å². The molecule has 100 valence electrons. The first kappa shape index (κ1) is 14.5. The largest absolute Gasteiger partial charge is 0.341 e. The number of rotatable bonds is 4. The molecule has 1 aliphatic heterocycles. The smallest absolute Gasteiger partial charge is 0.222 e. The number of amides is 1. The molecule has 1 N–H and O–H groups in total. The van der Waals surface area contributed by atoms with Crippen LogP contribution in [-0.4, -0.2) is 37.0 Å². The van der Waals surface area contributed by atoms with Crippen molar-refractivity contribution in [2.24, 2.45) is 11.3 Å². The number of nitrogens with zero attached hydrogens (tertiary/aromatic N) is 1. The molecule has 1 heterocycles. The van der Waals surface area contributed by atoms with Gasteiger partial charge in [0.05, 0.1) is 0 Å². The maximum Gasteiger partial charge on any atom is 0.222 e. The number of hydrogen-bond donors (Lipinski definition) is 1. The summed E-state index contributed by atoms with van der Waals surface area (Å²) < 4.78 is 0. The topological polar surface area (TPSA) is 32.3 Å². The van der Waals surface area contributed by atoms with Crippen molar-refractivity contribution in [1.29, 1.82) is 0 Å². The van der Waals surface area contributed by atoms with Crippen LogP contribution >= 0.6 is 0 Å². The molecule has 0 saturated carbocycles. The highest BCUT2D eigenvalue weighted by atomic mass is 16.2. The van der Waals surface area contributed by atoms with Crippen LogP contribution in [-0.2, 0) is 4.79 Å². The van der Waals surface area contributed by atoms with E-state index in [-0.39, 0.29) is 0 Å². The second-order valence-corrected chi connectivity index (χ2v) is 6.39. The van der Waals surface area contributed by atoms with Crippen LogP contribution in [0.5, 0.6) is 0 Å². The molecule has 0 bridgehead atoms. The first-order valence-corrected chi connectivity index (χ1v) is 6.81. The number of nitrogens with one attached hydrogen (secondary N) is 1. The molecule has 1 rings (SSSR count). The van der Waals surface area contributed by atoms with Gasteiger partial charge in [0.15, 0.2) is 0 Å². The van der Waals surface area contributed by atoms with E-state index in [1.54, 1.807) is 0 Å². The molecule has 0 aliphatic carbocycles. The molecule has 0 radical (unpaired) electrons. The third-order valence-corrected chi connectivity index (χ3v) is 4.02. The SMILES string of the molecule is CNC(CN1CCC(C)(C)CCC1=O)C(C)C. The highest BCUT2D eigenvalue weighted by molar-refractivity contribution is 5.76.